The van der Waals surface area contributed by atoms with Crippen LogP contribution in [0.1, 0.15) is 5.56 Å². The SMILES string of the molecule is COc1cc(OC)c(/C=C(\C#N)C(=O)Nc2cc(Cl)ccc2OC)cc1Br. The predicted octanol–water partition coefficient (Wildman–Crippen LogP) is 4.67. The Morgan fingerprint density at radius 2 is 1.78 bits per heavy atom. The first-order valence-corrected chi connectivity index (χ1v) is 8.78. The normalized spacial score (nSPS) is 10.7. The fourth-order valence-electron chi connectivity index (χ4n) is 2.27. The highest BCUT2D eigenvalue weighted by Crippen LogP contribution is 2.34. The van der Waals surface area contributed by atoms with Crippen LogP contribution in [0.15, 0.2) is 40.4 Å². The van der Waals surface area contributed by atoms with Gasteiger partial charge in [-0.15, -0.1) is 0 Å². The summed E-state index contributed by atoms with van der Waals surface area (Å²) < 4.78 is 16.4. The van der Waals surface area contributed by atoms with Gasteiger partial charge in [0.15, 0.2) is 0 Å². The van der Waals surface area contributed by atoms with E-state index in [1.54, 1.807) is 24.3 Å². The summed E-state index contributed by atoms with van der Waals surface area (Å²) >= 11 is 9.34. The van der Waals surface area contributed by atoms with Gasteiger partial charge in [0.05, 0.1) is 31.5 Å². The first kappa shape index (κ1) is 20.6. The van der Waals surface area contributed by atoms with Crippen LogP contribution >= 0.6 is 27.5 Å². The summed E-state index contributed by atoms with van der Waals surface area (Å²) in [6, 6.07) is 10.0. The zero-order valence-electron chi connectivity index (χ0n) is 14.8. The average Bonchev–Trinajstić information content (AvgIpc) is 2.66. The van der Waals surface area contributed by atoms with Gasteiger partial charge in [0.1, 0.15) is 28.9 Å². The van der Waals surface area contributed by atoms with Gasteiger partial charge >= 0.3 is 0 Å². The number of methoxy groups -OCH3 is 3. The molecule has 0 saturated heterocycles. The van der Waals surface area contributed by atoms with Crippen molar-refractivity contribution in [3.8, 4) is 23.3 Å². The molecular formula is C19H16BrClN2O4. The number of carbonyl (C=O) groups excluding carboxylic acids is 1. The van der Waals surface area contributed by atoms with E-state index < -0.39 is 5.91 Å². The summed E-state index contributed by atoms with van der Waals surface area (Å²) in [6.45, 7) is 0. The van der Waals surface area contributed by atoms with Gasteiger partial charge in [-0.2, -0.15) is 5.26 Å². The molecule has 0 atom stereocenters. The van der Waals surface area contributed by atoms with Crippen molar-refractivity contribution in [1.29, 1.82) is 5.26 Å². The Labute approximate surface area is 170 Å². The molecule has 0 heterocycles. The number of amides is 1. The molecule has 0 spiro atoms. The Morgan fingerprint density at radius 1 is 1.11 bits per heavy atom. The molecule has 0 aliphatic heterocycles. The third-order valence-corrected chi connectivity index (χ3v) is 4.43. The van der Waals surface area contributed by atoms with E-state index in [0.717, 1.165) is 0 Å². The highest BCUT2D eigenvalue weighted by Gasteiger charge is 2.15. The molecule has 0 aliphatic rings. The molecule has 2 aromatic carbocycles. The average molecular weight is 452 g/mol. The van der Waals surface area contributed by atoms with Crippen LogP contribution in [0.25, 0.3) is 6.08 Å². The minimum absolute atomic E-state index is 0.118. The fourth-order valence-corrected chi connectivity index (χ4v) is 2.96. The highest BCUT2D eigenvalue weighted by molar-refractivity contribution is 9.10. The van der Waals surface area contributed by atoms with Gasteiger partial charge in [-0.3, -0.25) is 4.79 Å². The van der Waals surface area contributed by atoms with Crippen LogP contribution in [0.4, 0.5) is 5.69 Å². The molecular weight excluding hydrogens is 436 g/mol. The van der Waals surface area contributed by atoms with Gasteiger partial charge in [-0.1, -0.05) is 11.6 Å². The fraction of sp³-hybridized carbons (Fsp3) is 0.158. The summed E-state index contributed by atoms with van der Waals surface area (Å²) in [7, 11) is 4.49. The molecule has 27 heavy (non-hydrogen) atoms. The van der Waals surface area contributed by atoms with E-state index in [1.807, 2.05) is 6.07 Å². The molecule has 8 heteroatoms. The number of nitriles is 1. The number of nitrogens with one attached hydrogen (secondary N) is 1. The van der Waals surface area contributed by atoms with Gasteiger partial charge in [0.25, 0.3) is 5.91 Å². The van der Waals surface area contributed by atoms with Crippen LogP contribution in [0.5, 0.6) is 17.2 Å². The predicted molar refractivity (Wildman–Crippen MR) is 107 cm³/mol. The minimum atomic E-state index is -0.605. The van der Waals surface area contributed by atoms with E-state index >= 15 is 0 Å². The molecule has 0 radical (unpaired) electrons. The number of benzene rings is 2. The van der Waals surface area contributed by atoms with E-state index in [2.05, 4.69) is 21.2 Å². The number of hydrogen-bond acceptors (Lipinski definition) is 5. The highest BCUT2D eigenvalue weighted by atomic mass is 79.9. The van der Waals surface area contributed by atoms with Crippen LogP contribution in [0, 0.1) is 11.3 Å². The number of nitrogens with zero attached hydrogens (tertiary/aromatic N) is 1. The second-order valence-corrected chi connectivity index (χ2v) is 6.49. The Kier molecular flexibility index (Phi) is 7.11. The molecule has 2 rings (SSSR count). The van der Waals surface area contributed by atoms with Gasteiger partial charge in [0.2, 0.25) is 0 Å². The Hall–Kier alpha value is -2.69. The minimum Gasteiger partial charge on any atom is -0.496 e. The maximum Gasteiger partial charge on any atom is 0.266 e. The quantitative estimate of drug-likeness (QED) is 0.510. The monoisotopic (exact) mass is 450 g/mol. The second kappa shape index (κ2) is 9.31. The van der Waals surface area contributed by atoms with E-state index in [0.29, 0.717) is 38.0 Å². The van der Waals surface area contributed by atoms with Crippen LogP contribution < -0.4 is 19.5 Å². The van der Waals surface area contributed by atoms with E-state index in [-0.39, 0.29) is 5.57 Å². The Balaban J connectivity index is 2.39. The van der Waals surface area contributed by atoms with Gasteiger partial charge in [-0.25, -0.2) is 0 Å². The molecule has 2 aromatic rings. The van der Waals surface area contributed by atoms with Crippen molar-refractivity contribution in [2.24, 2.45) is 0 Å². The molecule has 1 N–H and O–H groups in total. The van der Waals surface area contributed by atoms with Crippen LogP contribution in [-0.2, 0) is 4.79 Å². The van der Waals surface area contributed by atoms with E-state index in [4.69, 9.17) is 25.8 Å². The molecule has 0 aliphatic carbocycles. The van der Waals surface area contributed by atoms with Crippen molar-refractivity contribution in [3.05, 3.63) is 51.0 Å². The summed E-state index contributed by atoms with van der Waals surface area (Å²) in [4.78, 5) is 12.6. The lowest BCUT2D eigenvalue weighted by Gasteiger charge is -2.11. The largest absolute Gasteiger partial charge is 0.496 e. The molecule has 0 saturated carbocycles. The molecule has 1 amide bonds. The van der Waals surface area contributed by atoms with Gasteiger partial charge in [-0.05, 0) is 46.3 Å². The lowest BCUT2D eigenvalue weighted by Crippen LogP contribution is -2.14. The Morgan fingerprint density at radius 3 is 2.37 bits per heavy atom. The number of halogens is 2. The smallest absolute Gasteiger partial charge is 0.266 e. The number of hydrogen-bond donors (Lipinski definition) is 1. The van der Waals surface area contributed by atoms with E-state index in [1.165, 1.54) is 33.5 Å². The van der Waals surface area contributed by atoms with Crippen molar-refractivity contribution in [2.75, 3.05) is 26.6 Å². The lowest BCUT2D eigenvalue weighted by atomic mass is 10.1. The standard InChI is InChI=1S/C19H16BrClN2O4/c1-25-16-5-4-13(21)8-15(16)23-19(24)12(10-22)6-11-7-14(20)18(27-3)9-17(11)26-2/h4-9H,1-3H3,(H,23,24)/b12-6+. The van der Waals surface area contributed by atoms with E-state index in [9.17, 15) is 10.1 Å². The number of rotatable bonds is 6. The van der Waals surface area contributed by atoms with Crippen molar-refractivity contribution in [3.63, 3.8) is 0 Å². The molecule has 0 aromatic heterocycles. The third kappa shape index (κ3) is 4.94. The third-order valence-electron chi connectivity index (χ3n) is 3.58. The summed E-state index contributed by atoms with van der Waals surface area (Å²) in [5.74, 6) is 0.841. The second-order valence-electron chi connectivity index (χ2n) is 5.20. The summed E-state index contributed by atoms with van der Waals surface area (Å²) in [5, 5.41) is 12.5. The zero-order valence-corrected chi connectivity index (χ0v) is 17.1. The lowest BCUT2D eigenvalue weighted by molar-refractivity contribution is -0.112. The van der Waals surface area contributed by atoms with Gasteiger partial charge in [0, 0.05) is 16.7 Å². The molecule has 0 unspecified atom stereocenters. The number of anilines is 1. The first-order chi connectivity index (χ1) is 12.9. The maximum atomic E-state index is 12.6. The van der Waals surface area contributed by atoms with Crippen LogP contribution in [0.2, 0.25) is 5.02 Å². The first-order valence-electron chi connectivity index (χ1n) is 7.61. The molecule has 140 valence electrons. The van der Waals surface area contributed by atoms with Crippen molar-refractivity contribution >= 4 is 45.2 Å². The van der Waals surface area contributed by atoms with Gasteiger partial charge < -0.3 is 19.5 Å². The van der Waals surface area contributed by atoms with Crippen LogP contribution in [0.3, 0.4) is 0 Å². The molecule has 0 fully saturated rings. The summed E-state index contributed by atoms with van der Waals surface area (Å²) in [6.07, 6.45) is 1.43. The number of carbonyl (C=O) groups is 1. The zero-order chi connectivity index (χ0) is 20.0. The summed E-state index contributed by atoms with van der Waals surface area (Å²) in [5.41, 5.74) is 0.779. The maximum absolute atomic E-state index is 12.6. The molecule has 6 nitrogen and oxygen atoms in total. The molecule has 0 bridgehead atoms. The van der Waals surface area contributed by atoms with Crippen molar-refractivity contribution in [1.82, 2.24) is 0 Å². The van der Waals surface area contributed by atoms with Crippen LogP contribution in [-0.4, -0.2) is 27.2 Å². The topological polar surface area (TPSA) is 80.6 Å². The van der Waals surface area contributed by atoms with Crippen molar-refractivity contribution < 1.29 is 19.0 Å². The van der Waals surface area contributed by atoms with Crippen molar-refractivity contribution in [2.45, 2.75) is 0 Å². The Bertz CT molecular complexity index is 938. The number of ether oxygens (including phenoxy) is 3.